The third-order valence-corrected chi connectivity index (χ3v) is 3.99. The van der Waals surface area contributed by atoms with Gasteiger partial charge in [0, 0.05) is 5.92 Å². The first-order valence-electron chi connectivity index (χ1n) is 7.73. The van der Waals surface area contributed by atoms with Crippen molar-refractivity contribution in [2.24, 2.45) is 5.92 Å². The van der Waals surface area contributed by atoms with Crippen LogP contribution < -0.4 is 10.9 Å². The lowest BCUT2D eigenvalue weighted by Gasteiger charge is -2.16. The van der Waals surface area contributed by atoms with E-state index in [4.69, 9.17) is 4.74 Å². The van der Waals surface area contributed by atoms with Crippen molar-refractivity contribution in [1.82, 2.24) is 19.5 Å². The Morgan fingerprint density at radius 3 is 2.76 bits per heavy atom. The minimum absolute atomic E-state index is 0.0136. The first-order chi connectivity index (χ1) is 11.8. The minimum atomic E-state index is -1.34. The molecule has 1 aliphatic rings. The van der Waals surface area contributed by atoms with E-state index in [1.807, 2.05) is 0 Å². The number of imidazole rings is 1. The molecule has 3 rings (SSSR count). The molecule has 1 aliphatic heterocycles. The van der Waals surface area contributed by atoms with Crippen LogP contribution in [-0.2, 0) is 9.53 Å². The number of aromatic amines is 1. The van der Waals surface area contributed by atoms with Crippen molar-refractivity contribution in [3.05, 3.63) is 16.7 Å². The van der Waals surface area contributed by atoms with Crippen molar-refractivity contribution in [3.8, 4) is 0 Å². The number of anilines is 1. The topological polar surface area (TPSA) is 163 Å². The number of fused-ring (bicyclic) bond motifs is 1. The zero-order valence-corrected chi connectivity index (χ0v) is 13.6. The highest BCUT2D eigenvalue weighted by molar-refractivity contribution is 5.91. The molecular formula is C14H19N5O6. The van der Waals surface area contributed by atoms with Gasteiger partial charge < -0.3 is 20.1 Å². The van der Waals surface area contributed by atoms with Crippen molar-refractivity contribution >= 4 is 23.0 Å². The zero-order valence-electron chi connectivity index (χ0n) is 13.6. The van der Waals surface area contributed by atoms with Gasteiger partial charge in [0.05, 0.1) is 12.9 Å². The molecule has 1 fully saturated rings. The highest BCUT2D eigenvalue weighted by atomic mass is 16.6. The first-order valence-corrected chi connectivity index (χ1v) is 7.73. The predicted octanol–water partition coefficient (Wildman–Crippen LogP) is -1.67. The molecule has 11 nitrogen and oxygen atoms in total. The number of aromatic nitrogens is 4. The summed E-state index contributed by atoms with van der Waals surface area (Å²) in [5, 5.41) is 31.7. The summed E-state index contributed by atoms with van der Waals surface area (Å²) in [6, 6.07) is 0. The number of hydrogen-bond donors (Lipinski definition) is 5. The lowest BCUT2D eigenvalue weighted by Crippen LogP contribution is -2.33. The number of hydrogen-bond acceptors (Lipinski definition) is 8. The summed E-state index contributed by atoms with van der Waals surface area (Å²) in [6.45, 7) is 2.90. The molecule has 25 heavy (non-hydrogen) atoms. The molecule has 0 saturated carbocycles. The molecule has 3 heterocycles. The molecule has 0 spiro atoms. The number of aliphatic hydroxyl groups is 3. The first kappa shape index (κ1) is 17.5. The standard InChI is InChI=1S/C14H19N5O6/c1-5(2)11(23)17-14-16-10-7(12(24)18-14)15-4-19(10)13-9(22)8(21)6(3-20)25-13/h4-6,8-9,13,20-22H,3H2,1-2H3,(H2,16,17,18,23,24)/t6-,8+,9-,13-/m1/s1. The molecule has 4 atom stereocenters. The van der Waals surface area contributed by atoms with Gasteiger partial charge in [0.15, 0.2) is 17.4 Å². The number of nitrogens with one attached hydrogen (secondary N) is 2. The summed E-state index contributed by atoms with van der Waals surface area (Å²) in [7, 11) is 0. The number of carbonyl (C=O) groups is 1. The number of carbonyl (C=O) groups excluding carboxylic acids is 1. The van der Waals surface area contributed by atoms with E-state index in [0.717, 1.165) is 0 Å². The molecule has 0 aliphatic carbocycles. The van der Waals surface area contributed by atoms with Gasteiger partial charge >= 0.3 is 0 Å². The summed E-state index contributed by atoms with van der Waals surface area (Å²) < 4.78 is 6.70. The number of aliphatic hydroxyl groups excluding tert-OH is 3. The summed E-state index contributed by atoms with van der Waals surface area (Å²) in [4.78, 5) is 34.4. The second-order valence-corrected chi connectivity index (χ2v) is 6.11. The lowest BCUT2D eigenvalue weighted by molar-refractivity contribution is -0.118. The largest absolute Gasteiger partial charge is 0.394 e. The van der Waals surface area contributed by atoms with Crippen molar-refractivity contribution in [1.29, 1.82) is 0 Å². The Bertz CT molecular complexity index is 846. The molecule has 136 valence electrons. The summed E-state index contributed by atoms with van der Waals surface area (Å²) in [5.41, 5.74) is -0.521. The van der Waals surface area contributed by atoms with E-state index in [0.29, 0.717) is 0 Å². The molecule has 11 heteroatoms. The minimum Gasteiger partial charge on any atom is -0.394 e. The van der Waals surface area contributed by atoms with Crippen LogP contribution in [-0.4, -0.2) is 65.7 Å². The van der Waals surface area contributed by atoms with Gasteiger partial charge in [-0.1, -0.05) is 13.8 Å². The monoisotopic (exact) mass is 353 g/mol. The Kier molecular flexibility index (Phi) is 4.56. The Morgan fingerprint density at radius 1 is 1.44 bits per heavy atom. The second-order valence-electron chi connectivity index (χ2n) is 6.11. The Balaban J connectivity index is 2.01. The Morgan fingerprint density at radius 2 is 2.16 bits per heavy atom. The molecule has 1 amide bonds. The molecule has 0 aromatic carbocycles. The van der Waals surface area contributed by atoms with Gasteiger partial charge in [0.1, 0.15) is 18.3 Å². The van der Waals surface area contributed by atoms with Crippen LogP contribution in [0.15, 0.2) is 11.1 Å². The van der Waals surface area contributed by atoms with Crippen LogP contribution in [0.25, 0.3) is 11.2 Å². The van der Waals surface area contributed by atoms with Crippen molar-refractivity contribution in [2.45, 2.75) is 38.4 Å². The molecule has 2 aromatic rings. The fourth-order valence-electron chi connectivity index (χ4n) is 2.54. The van der Waals surface area contributed by atoms with Crippen molar-refractivity contribution in [2.75, 3.05) is 11.9 Å². The van der Waals surface area contributed by atoms with Gasteiger partial charge in [-0.15, -0.1) is 0 Å². The van der Waals surface area contributed by atoms with E-state index in [1.54, 1.807) is 13.8 Å². The highest BCUT2D eigenvalue weighted by Crippen LogP contribution is 2.30. The fourth-order valence-corrected chi connectivity index (χ4v) is 2.54. The van der Waals surface area contributed by atoms with E-state index in [-0.39, 0.29) is 28.9 Å². The number of ether oxygens (including phenoxy) is 1. The maximum Gasteiger partial charge on any atom is 0.280 e. The number of H-pyrrole nitrogens is 1. The maximum atomic E-state index is 12.1. The van der Waals surface area contributed by atoms with Crippen LogP contribution >= 0.6 is 0 Å². The van der Waals surface area contributed by atoms with Gasteiger partial charge in [0.2, 0.25) is 11.9 Å². The Labute approximate surface area is 141 Å². The summed E-state index contributed by atoms with van der Waals surface area (Å²) >= 11 is 0. The van der Waals surface area contributed by atoms with Crippen molar-refractivity contribution < 1.29 is 24.9 Å². The van der Waals surface area contributed by atoms with Crippen LogP contribution in [0, 0.1) is 5.92 Å². The van der Waals surface area contributed by atoms with Crippen LogP contribution in [0.1, 0.15) is 20.1 Å². The van der Waals surface area contributed by atoms with Crippen LogP contribution in [0.3, 0.4) is 0 Å². The SMILES string of the molecule is CC(C)C(=O)Nc1nc2c(ncn2[C@@H]2O[C@H](CO)[C@H](O)[C@H]2O)c(=O)[nH]1. The normalized spacial score (nSPS) is 26.5. The molecule has 5 N–H and O–H groups in total. The average molecular weight is 353 g/mol. The predicted molar refractivity (Wildman–Crippen MR) is 84.6 cm³/mol. The molecule has 0 radical (unpaired) electrons. The number of amides is 1. The van der Waals surface area contributed by atoms with Gasteiger partial charge in [-0.05, 0) is 0 Å². The third-order valence-electron chi connectivity index (χ3n) is 3.99. The summed E-state index contributed by atoms with van der Waals surface area (Å²) in [5.74, 6) is -0.711. The average Bonchev–Trinajstić information content (AvgIpc) is 3.10. The fraction of sp³-hybridized carbons (Fsp3) is 0.571. The molecule has 1 saturated heterocycles. The van der Waals surface area contributed by atoms with Crippen LogP contribution in [0.5, 0.6) is 0 Å². The third kappa shape index (κ3) is 3.02. The Hall–Kier alpha value is -2.34. The molecule has 0 unspecified atom stereocenters. The van der Waals surface area contributed by atoms with Gasteiger partial charge in [-0.25, -0.2) is 4.98 Å². The van der Waals surface area contributed by atoms with Gasteiger partial charge in [-0.2, -0.15) is 4.98 Å². The van der Waals surface area contributed by atoms with E-state index in [9.17, 15) is 24.9 Å². The quantitative estimate of drug-likeness (QED) is 0.435. The van der Waals surface area contributed by atoms with Crippen LogP contribution in [0.4, 0.5) is 5.95 Å². The zero-order chi connectivity index (χ0) is 18.3. The summed E-state index contributed by atoms with van der Waals surface area (Å²) in [6.07, 6.45) is -3.46. The van der Waals surface area contributed by atoms with Gasteiger partial charge in [0.25, 0.3) is 5.56 Å². The molecular weight excluding hydrogens is 334 g/mol. The van der Waals surface area contributed by atoms with E-state index in [1.165, 1.54) is 10.9 Å². The highest BCUT2D eigenvalue weighted by Gasteiger charge is 2.44. The van der Waals surface area contributed by atoms with Crippen LogP contribution in [0.2, 0.25) is 0 Å². The van der Waals surface area contributed by atoms with E-state index >= 15 is 0 Å². The lowest BCUT2D eigenvalue weighted by atomic mass is 10.1. The van der Waals surface area contributed by atoms with E-state index < -0.39 is 36.7 Å². The number of rotatable bonds is 4. The second kappa shape index (κ2) is 6.52. The number of nitrogens with zero attached hydrogens (tertiary/aromatic N) is 3. The van der Waals surface area contributed by atoms with Crippen molar-refractivity contribution in [3.63, 3.8) is 0 Å². The maximum absolute atomic E-state index is 12.1. The van der Waals surface area contributed by atoms with Gasteiger partial charge in [-0.3, -0.25) is 24.5 Å². The molecule has 2 aromatic heterocycles. The van der Waals surface area contributed by atoms with E-state index in [2.05, 4.69) is 20.3 Å². The molecule has 0 bridgehead atoms. The smallest absolute Gasteiger partial charge is 0.280 e.